The highest BCUT2D eigenvalue weighted by Crippen LogP contribution is 2.64. The van der Waals surface area contributed by atoms with Gasteiger partial charge in [0.05, 0.1) is 22.5 Å². The number of nitrogens with zero attached hydrogens (tertiary/aromatic N) is 2. The number of rotatable bonds is 6. The first kappa shape index (κ1) is 37.1. The lowest BCUT2D eigenvalue weighted by atomic mass is 9.64. The van der Waals surface area contributed by atoms with E-state index in [0.717, 1.165) is 28.3 Å². The quantitative estimate of drug-likeness (QED) is 0.154. The molecule has 0 amide bonds. The largest absolute Gasteiger partial charge is 0.310 e. The van der Waals surface area contributed by atoms with Crippen LogP contribution in [0.25, 0.3) is 54.9 Å². The monoisotopic (exact) mass is 826 g/mol. The van der Waals surface area contributed by atoms with Crippen molar-refractivity contribution in [3.63, 3.8) is 0 Å². The Balaban J connectivity index is 1.09. The van der Waals surface area contributed by atoms with E-state index in [0.29, 0.717) is 0 Å². The summed E-state index contributed by atoms with van der Waals surface area (Å²) in [7, 11) is 0. The fourth-order valence-electron chi connectivity index (χ4n) is 11.1. The minimum atomic E-state index is -0.589. The van der Waals surface area contributed by atoms with Crippen LogP contribution in [0.2, 0.25) is 0 Å². The van der Waals surface area contributed by atoms with Crippen molar-refractivity contribution in [2.75, 3.05) is 9.80 Å². The second-order valence-electron chi connectivity index (χ2n) is 17.2. The van der Waals surface area contributed by atoms with Gasteiger partial charge in [0, 0.05) is 22.6 Å². The molecule has 2 heteroatoms. The van der Waals surface area contributed by atoms with Crippen molar-refractivity contribution in [3.8, 4) is 33.4 Å². The molecule has 304 valence electrons. The Morgan fingerprint density at radius 1 is 0.308 bits per heavy atom. The summed E-state index contributed by atoms with van der Waals surface area (Å²) in [5.74, 6) is 0. The molecule has 11 aromatic rings. The van der Waals surface area contributed by atoms with Crippen LogP contribution in [0.3, 0.4) is 0 Å². The third-order valence-corrected chi connectivity index (χ3v) is 13.8. The second kappa shape index (κ2) is 14.8. The molecule has 0 N–H and O–H groups in total. The van der Waals surface area contributed by atoms with E-state index in [1.807, 2.05) is 0 Å². The number of anilines is 6. The van der Waals surface area contributed by atoms with Crippen molar-refractivity contribution in [1.82, 2.24) is 0 Å². The third-order valence-electron chi connectivity index (χ3n) is 13.8. The van der Waals surface area contributed by atoms with Crippen LogP contribution in [0.5, 0.6) is 0 Å². The molecule has 0 bridgehead atoms. The molecule has 0 saturated heterocycles. The zero-order valence-corrected chi connectivity index (χ0v) is 35.6. The highest BCUT2D eigenvalue weighted by Gasteiger charge is 2.51. The maximum absolute atomic E-state index is 2.51. The minimum Gasteiger partial charge on any atom is -0.310 e. The Morgan fingerprint density at radius 3 is 1.60 bits per heavy atom. The van der Waals surface area contributed by atoms with Crippen molar-refractivity contribution in [3.05, 3.63) is 277 Å². The molecule has 1 spiro atoms. The molecule has 0 radical (unpaired) electrons. The molecule has 0 unspecified atom stereocenters. The summed E-state index contributed by atoms with van der Waals surface area (Å²) in [4.78, 5) is 4.95. The molecule has 65 heavy (non-hydrogen) atoms. The van der Waals surface area contributed by atoms with Crippen LogP contribution in [0.15, 0.2) is 255 Å². The summed E-state index contributed by atoms with van der Waals surface area (Å²) < 4.78 is 0. The number of benzene rings is 11. The Hall–Kier alpha value is -8.46. The Kier molecular flexibility index (Phi) is 8.47. The smallest absolute Gasteiger partial charge is 0.0755 e. The van der Waals surface area contributed by atoms with Gasteiger partial charge in [-0.3, -0.25) is 0 Å². The summed E-state index contributed by atoms with van der Waals surface area (Å²) in [6.45, 7) is 0. The standard InChI is InChI=1S/C63H42N2/c1-3-19-43(20-4-1)50-25-9-10-26-52(50)55-28-12-16-32-60(55)64(47-37-39-51-45(41-47)36-35-44-21-7-8-24-49(44)51)48-38-40-54-53-27-11-13-29-56(53)63(59(54)42-48)57-30-14-17-33-61(57)65(46-22-5-2-6-23-46)62-34-18-15-31-58(62)63/h1-42H. The highest BCUT2D eigenvalue weighted by molar-refractivity contribution is 6.09. The second-order valence-corrected chi connectivity index (χ2v) is 17.2. The molecule has 1 aliphatic carbocycles. The summed E-state index contributed by atoms with van der Waals surface area (Å²) in [6, 6.07) is 94.0. The van der Waals surface area contributed by atoms with Crippen LogP contribution in [0.1, 0.15) is 22.3 Å². The lowest BCUT2D eigenvalue weighted by molar-refractivity contribution is 0.752. The topological polar surface area (TPSA) is 6.48 Å². The van der Waals surface area contributed by atoms with E-state index in [1.165, 1.54) is 83.0 Å². The number of hydrogen-bond donors (Lipinski definition) is 0. The van der Waals surface area contributed by atoms with Crippen molar-refractivity contribution < 1.29 is 0 Å². The molecule has 13 rings (SSSR count). The minimum absolute atomic E-state index is 0.589. The summed E-state index contributed by atoms with van der Waals surface area (Å²) in [6.07, 6.45) is 0. The molecule has 1 heterocycles. The predicted molar refractivity (Wildman–Crippen MR) is 273 cm³/mol. The zero-order chi connectivity index (χ0) is 42.9. The normalized spacial score (nSPS) is 13.0. The van der Waals surface area contributed by atoms with Gasteiger partial charge in [-0.05, 0) is 126 Å². The first-order valence-electron chi connectivity index (χ1n) is 22.5. The van der Waals surface area contributed by atoms with Crippen molar-refractivity contribution in [2.45, 2.75) is 5.41 Å². The maximum Gasteiger partial charge on any atom is 0.0755 e. The lowest BCUT2D eigenvalue weighted by Crippen LogP contribution is -2.36. The van der Waals surface area contributed by atoms with Crippen LogP contribution in [-0.2, 0) is 5.41 Å². The van der Waals surface area contributed by atoms with Gasteiger partial charge in [-0.2, -0.15) is 0 Å². The van der Waals surface area contributed by atoms with E-state index in [9.17, 15) is 0 Å². The van der Waals surface area contributed by atoms with Crippen LogP contribution in [-0.4, -0.2) is 0 Å². The van der Waals surface area contributed by atoms with Crippen molar-refractivity contribution in [2.24, 2.45) is 0 Å². The summed E-state index contributed by atoms with van der Waals surface area (Å²) in [5.41, 5.74) is 18.6. The number of para-hydroxylation sites is 4. The van der Waals surface area contributed by atoms with E-state index in [1.54, 1.807) is 0 Å². The molecule has 0 aromatic heterocycles. The fourth-order valence-corrected chi connectivity index (χ4v) is 11.1. The summed E-state index contributed by atoms with van der Waals surface area (Å²) >= 11 is 0. The van der Waals surface area contributed by atoms with E-state index in [2.05, 4.69) is 265 Å². The van der Waals surface area contributed by atoms with Crippen LogP contribution < -0.4 is 9.80 Å². The van der Waals surface area contributed by atoms with Crippen LogP contribution in [0, 0.1) is 0 Å². The van der Waals surface area contributed by atoms with E-state index in [-0.39, 0.29) is 0 Å². The summed E-state index contributed by atoms with van der Waals surface area (Å²) in [5, 5.41) is 4.96. The molecule has 0 atom stereocenters. The van der Waals surface area contributed by atoms with Gasteiger partial charge in [-0.1, -0.05) is 200 Å². The van der Waals surface area contributed by atoms with Gasteiger partial charge in [0.15, 0.2) is 0 Å². The van der Waals surface area contributed by atoms with Gasteiger partial charge in [0.1, 0.15) is 0 Å². The molecular weight excluding hydrogens is 785 g/mol. The first-order chi connectivity index (χ1) is 32.3. The molecular formula is C63H42N2. The number of hydrogen-bond acceptors (Lipinski definition) is 2. The van der Waals surface area contributed by atoms with Crippen LogP contribution in [0.4, 0.5) is 34.1 Å². The Labute approximate surface area is 379 Å². The fraction of sp³-hybridized carbons (Fsp3) is 0.0159. The lowest BCUT2D eigenvalue weighted by Gasteiger charge is -2.45. The average Bonchev–Trinajstić information content (AvgIpc) is 3.67. The molecule has 2 aliphatic rings. The zero-order valence-electron chi connectivity index (χ0n) is 35.6. The van der Waals surface area contributed by atoms with Crippen molar-refractivity contribution >= 4 is 55.7 Å². The molecule has 2 nitrogen and oxygen atoms in total. The van der Waals surface area contributed by atoms with Gasteiger partial charge < -0.3 is 9.80 Å². The van der Waals surface area contributed by atoms with Gasteiger partial charge in [-0.25, -0.2) is 0 Å². The Bertz CT molecular complexity index is 3580. The van der Waals surface area contributed by atoms with E-state index in [4.69, 9.17) is 0 Å². The van der Waals surface area contributed by atoms with Crippen molar-refractivity contribution in [1.29, 1.82) is 0 Å². The molecule has 0 saturated carbocycles. The SMILES string of the molecule is c1ccc(-c2ccccc2-c2ccccc2N(c2ccc3c(c2)C2(c4ccccc4-3)c3ccccc3N(c3ccccc3)c3ccccc32)c2ccc3c(ccc4ccccc43)c2)cc1. The van der Waals surface area contributed by atoms with Gasteiger partial charge in [-0.15, -0.1) is 0 Å². The highest BCUT2D eigenvalue weighted by atomic mass is 15.2. The van der Waals surface area contributed by atoms with Gasteiger partial charge in [0.25, 0.3) is 0 Å². The van der Waals surface area contributed by atoms with E-state index < -0.39 is 5.41 Å². The predicted octanol–water partition coefficient (Wildman–Crippen LogP) is 16.9. The van der Waals surface area contributed by atoms with Gasteiger partial charge in [0.2, 0.25) is 0 Å². The number of fused-ring (bicyclic) bond motifs is 12. The van der Waals surface area contributed by atoms with Gasteiger partial charge >= 0.3 is 0 Å². The first-order valence-corrected chi connectivity index (χ1v) is 22.5. The third kappa shape index (κ3) is 5.60. The molecule has 11 aromatic carbocycles. The van der Waals surface area contributed by atoms with Crippen LogP contribution >= 0.6 is 0 Å². The maximum atomic E-state index is 2.51. The molecule has 1 aliphatic heterocycles. The Morgan fingerprint density at radius 2 is 0.831 bits per heavy atom. The van der Waals surface area contributed by atoms with E-state index >= 15 is 0 Å². The average molecular weight is 827 g/mol. The molecule has 0 fully saturated rings.